The predicted molar refractivity (Wildman–Crippen MR) is 106 cm³/mol. The Labute approximate surface area is 160 Å². The van der Waals surface area contributed by atoms with Crippen LogP contribution >= 0.6 is 28.1 Å². The number of methoxy groups -OCH3 is 1. The number of amides is 1. The van der Waals surface area contributed by atoms with E-state index in [0.29, 0.717) is 5.75 Å². The molecule has 0 fully saturated rings. The van der Waals surface area contributed by atoms with Gasteiger partial charge in [-0.1, -0.05) is 13.0 Å². The molecule has 0 aliphatic heterocycles. The fraction of sp³-hybridized carbons (Fsp3) is 0.222. The number of benzene rings is 2. The molecule has 1 amide bonds. The highest BCUT2D eigenvalue weighted by Crippen LogP contribution is 2.26. The largest absolute Gasteiger partial charge is 0.497 e. The topological polar surface area (TPSA) is 59.6 Å². The first kappa shape index (κ1) is 19.2. The summed E-state index contributed by atoms with van der Waals surface area (Å²) in [5.41, 5.74) is 1.94. The van der Waals surface area contributed by atoms with E-state index in [1.54, 1.807) is 31.4 Å². The Morgan fingerprint density at radius 3 is 2.52 bits per heavy atom. The van der Waals surface area contributed by atoms with Gasteiger partial charge in [0.25, 0.3) is 5.91 Å². The summed E-state index contributed by atoms with van der Waals surface area (Å²) in [6, 6.07) is 13.0. The Bertz CT molecular complexity index is 750. The second kappa shape index (κ2) is 9.39. The number of carbonyl (C=O) groups excluding carboxylic acids is 1. The smallest absolute Gasteiger partial charge is 0.264 e. The Kier molecular flexibility index (Phi) is 7.21. The van der Waals surface area contributed by atoms with Gasteiger partial charge in [-0.25, -0.2) is 0 Å². The third-order valence-electron chi connectivity index (χ3n) is 3.36. The third-order valence-corrected chi connectivity index (χ3v) is 4.19. The molecule has 0 radical (unpaired) electrons. The highest BCUT2D eigenvalue weighted by Gasteiger charge is 2.08. The molecule has 132 valence electrons. The molecule has 0 bridgehead atoms. The number of aryl methyl sites for hydroxylation is 1. The molecule has 25 heavy (non-hydrogen) atoms. The van der Waals surface area contributed by atoms with E-state index in [9.17, 15) is 4.79 Å². The normalized spacial score (nSPS) is 10.0. The van der Waals surface area contributed by atoms with Gasteiger partial charge in [0.2, 0.25) is 0 Å². The zero-order valence-corrected chi connectivity index (χ0v) is 16.4. The first-order valence-corrected chi connectivity index (χ1v) is 8.88. The maximum absolute atomic E-state index is 12.0. The van der Waals surface area contributed by atoms with Gasteiger partial charge in [-0.3, -0.25) is 10.1 Å². The van der Waals surface area contributed by atoms with Gasteiger partial charge in [-0.05, 0) is 76.5 Å². The molecule has 0 unspecified atom stereocenters. The average molecular weight is 423 g/mol. The molecule has 2 N–H and O–H groups in total. The lowest BCUT2D eigenvalue weighted by Crippen LogP contribution is -2.37. The van der Waals surface area contributed by atoms with Gasteiger partial charge >= 0.3 is 0 Å². The van der Waals surface area contributed by atoms with Crippen molar-refractivity contribution in [3.63, 3.8) is 0 Å². The van der Waals surface area contributed by atoms with Crippen LogP contribution in [0.15, 0.2) is 46.9 Å². The lowest BCUT2D eigenvalue weighted by molar-refractivity contribution is -0.121. The van der Waals surface area contributed by atoms with Crippen molar-refractivity contribution in [2.24, 2.45) is 0 Å². The van der Waals surface area contributed by atoms with E-state index in [0.717, 1.165) is 22.3 Å². The number of carbonyl (C=O) groups is 1. The maximum Gasteiger partial charge on any atom is 0.264 e. The number of halogens is 1. The van der Waals surface area contributed by atoms with Crippen LogP contribution < -0.4 is 20.1 Å². The van der Waals surface area contributed by atoms with Crippen molar-refractivity contribution in [1.82, 2.24) is 5.32 Å². The monoisotopic (exact) mass is 422 g/mol. The Morgan fingerprint density at radius 2 is 1.92 bits per heavy atom. The van der Waals surface area contributed by atoms with Crippen molar-refractivity contribution in [2.75, 3.05) is 19.0 Å². The summed E-state index contributed by atoms with van der Waals surface area (Å²) in [5.74, 6) is 1.02. The van der Waals surface area contributed by atoms with E-state index in [1.165, 1.54) is 5.56 Å². The van der Waals surface area contributed by atoms with E-state index in [4.69, 9.17) is 21.7 Å². The van der Waals surface area contributed by atoms with Crippen molar-refractivity contribution in [1.29, 1.82) is 0 Å². The maximum atomic E-state index is 12.0. The molecule has 0 heterocycles. The summed E-state index contributed by atoms with van der Waals surface area (Å²) in [7, 11) is 1.60. The van der Waals surface area contributed by atoms with Crippen LogP contribution in [0.2, 0.25) is 0 Å². The summed E-state index contributed by atoms with van der Waals surface area (Å²) in [5, 5.41) is 5.71. The molecule has 0 saturated carbocycles. The summed E-state index contributed by atoms with van der Waals surface area (Å²) >= 11 is 8.56. The Hall–Kier alpha value is -2.12. The number of nitrogens with one attached hydrogen (secondary N) is 2. The molecule has 0 saturated heterocycles. The SMILES string of the molecule is CCc1ccc(OCC(=O)NC(=S)Nc2ccc(OC)cc2)c(Br)c1. The summed E-state index contributed by atoms with van der Waals surface area (Å²) in [6.45, 7) is 1.95. The molecule has 0 atom stereocenters. The Balaban J connectivity index is 1.82. The second-order valence-electron chi connectivity index (χ2n) is 5.14. The standard InChI is InChI=1S/C18H19BrN2O3S/c1-3-12-4-9-16(15(19)10-12)24-11-17(22)21-18(25)20-13-5-7-14(23-2)8-6-13/h4-10H,3,11H2,1-2H3,(H2,20,21,22,25). The molecule has 2 aromatic carbocycles. The van der Waals surface area contributed by atoms with Gasteiger partial charge in [0.05, 0.1) is 11.6 Å². The lowest BCUT2D eigenvalue weighted by Gasteiger charge is -2.12. The number of ether oxygens (including phenoxy) is 2. The van der Waals surface area contributed by atoms with Crippen LogP contribution in [0, 0.1) is 0 Å². The number of hydrogen-bond acceptors (Lipinski definition) is 4. The first-order chi connectivity index (χ1) is 12.0. The van der Waals surface area contributed by atoms with Crippen LogP contribution in [-0.4, -0.2) is 24.7 Å². The van der Waals surface area contributed by atoms with Gasteiger partial charge in [0.15, 0.2) is 11.7 Å². The van der Waals surface area contributed by atoms with E-state index in [-0.39, 0.29) is 17.6 Å². The summed E-state index contributed by atoms with van der Waals surface area (Å²) in [4.78, 5) is 12.0. The highest BCUT2D eigenvalue weighted by molar-refractivity contribution is 9.10. The minimum absolute atomic E-state index is 0.130. The molecule has 0 spiro atoms. The van der Waals surface area contributed by atoms with E-state index < -0.39 is 0 Å². The molecule has 0 aliphatic carbocycles. The zero-order chi connectivity index (χ0) is 18.2. The number of thiocarbonyl (C=S) groups is 1. The van der Waals surface area contributed by atoms with Crippen LogP contribution in [0.5, 0.6) is 11.5 Å². The number of rotatable bonds is 6. The van der Waals surface area contributed by atoms with Crippen LogP contribution in [0.1, 0.15) is 12.5 Å². The molecular weight excluding hydrogens is 404 g/mol. The molecule has 7 heteroatoms. The molecule has 0 aromatic heterocycles. The predicted octanol–water partition coefficient (Wildman–Crippen LogP) is 3.91. The van der Waals surface area contributed by atoms with Crippen molar-refractivity contribution >= 4 is 44.9 Å². The van der Waals surface area contributed by atoms with Gasteiger partial charge in [0, 0.05) is 5.69 Å². The number of anilines is 1. The van der Waals surface area contributed by atoms with Crippen molar-refractivity contribution in [3.05, 3.63) is 52.5 Å². The molecule has 0 aliphatic rings. The van der Waals surface area contributed by atoms with E-state index in [1.807, 2.05) is 18.2 Å². The minimum atomic E-state index is -0.336. The lowest BCUT2D eigenvalue weighted by atomic mass is 10.2. The van der Waals surface area contributed by atoms with Crippen LogP contribution in [0.25, 0.3) is 0 Å². The van der Waals surface area contributed by atoms with Crippen LogP contribution in [-0.2, 0) is 11.2 Å². The quantitative estimate of drug-likeness (QED) is 0.690. The van der Waals surface area contributed by atoms with Crippen LogP contribution in [0.4, 0.5) is 5.69 Å². The zero-order valence-electron chi connectivity index (χ0n) is 14.0. The average Bonchev–Trinajstić information content (AvgIpc) is 2.61. The van der Waals surface area contributed by atoms with Gasteiger partial charge in [-0.2, -0.15) is 0 Å². The summed E-state index contributed by atoms with van der Waals surface area (Å²) in [6.07, 6.45) is 0.935. The van der Waals surface area contributed by atoms with Gasteiger partial charge in [0.1, 0.15) is 11.5 Å². The summed E-state index contributed by atoms with van der Waals surface area (Å²) < 4.78 is 11.4. The minimum Gasteiger partial charge on any atom is -0.497 e. The second-order valence-corrected chi connectivity index (χ2v) is 6.40. The van der Waals surface area contributed by atoms with Crippen molar-refractivity contribution < 1.29 is 14.3 Å². The fourth-order valence-corrected chi connectivity index (χ4v) is 2.80. The van der Waals surface area contributed by atoms with Crippen LogP contribution in [0.3, 0.4) is 0 Å². The van der Waals surface area contributed by atoms with Crippen molar-refractivity contribution in [2.45, 2.75) is 13.3 Å². The molecule has 2 rings (SSSR count). The van der Waals surface area contributed by atoms with Gasteiger partial charge in [-0.15, -0.1) is 0 Å². The van der Waals surface area contributed by atoms with E-state index in [2.05, 4.69) is 33.5 Å². The number of hydrogen-bond donors (Lipinski definition) is 2. The van der Waals surface area contributed by atoms with Gasteiger partial charge < -0.3 is 14.8 Å². The third kappa shape index (κ3) is 6.03. The first-order valence-electron chi connectivity index (χ1n) is 7.68. The molecule has 5 nitrogen and oxygen atoms in total. The molecule has 2 aromatic rings. The Morgan fingerprint density at radius 1 is 1.20 bits per heavy atom. The molecular formula is C18H19BrN2O3S. The van der Waals surface area contributed by atoms with E-state index >= 15 is 0 Å². The fourth-order valence-electron chi connectivity index (χ4n) is 2.02. The highest BCUT2D eigenvalue weighted by atomic mass is 79.9. The van der Waals surface area contributed by atoms with Crippen molar-refractivity contribution in [3.8, 4) is 11.5 Å².